The second kappa shape index (κ2) is 6.24. The Morgan fingerprint density at radius 1 is 1.35 bits per heavy atom. The Morgan fingerprint density at radius 2 is 2.05 bits per heavy atom. The second-order valence-electron chi connectivity index (χ2n) is 5.93. The SMILES string of the molecule is CCC1SCC(C(=O)O)N1C(=O)NC1CCC(C)C1C. The number of nitrogens with zero attached hydrogens (tertiary/aromatic N) is 1. The average molecular weight is 300 g/mol. The molecule has 1 aliphatic heterocycles. The van der Waals surface area contributed by atoms with Crippen molar-refractivity contribution in [2.24, 2.45) is 11.8 Å². The van der Waals surface area contributed by atoms with Gasteiger partial charge in [0.05, 0.1) is 5.37 Å². The van der Waals surface area contributed by atoms with E-state index in [1.807, 2.05) is 6.92 Å². The van der Waals surface area contributed by atoms with Crippen LogP contribution in [0.25, 0.3) is 0 Å². The van der Waals surface area contributed by atoms with Gasteiger partial charge in [-0.25, -0.2) is 9.59 Å². The molecule has 2 fully saturated rings. The van der Waals surface area contributed by atoms with Gasteiger partial charge in [-0.15, -0.1) is 11.8 Å². The van der Waals surface area contributed by atoms with Gasteiger partial charge >= 0.3 is 12.0 Å². The minimum Gasteiger partial charge on any atom is -0.480 e. The Bertz CT molecular complexity index is 391. The maximum atomic E-state index is 12.5. The molecule has 5 unspecified atom stereocenters. The number of amides is 2. The molecule has 5 nitrogen and oxygen atoms in total. The van der Waals surface area contributed by atoms with Gasteiger partial charge in [0.15, 0.2) is 0 Å². The molecule has 114 valence electrons. The van der Waals surface area contributed by atoms with E-state index >= 15 is 0 Å². The number of hydrogen-bond acceptors (Lipinski definition) is 3. The summed E-state index contributed by atoms with van der Waals surface area (Å²) < 4.78 is 0. The van der Waals surface area contributed by atoms with Crippen molar-refractivity contribution in [3.05, 3.63) is 0 Å². The van der Waals surface area contributed by atoms with Crippen LogP contribution in [0, 0.1) is 11.8 Å². The standard InChI is InChI=1S/C14H24N2O3S/c1-4-12-16(11(7-20-12)13(17)18)14(19)15-10-6-5-8(2)9(10)3/h8-12H,4-7H2,1-3H3,(H,15,19)(H,17,18). The zero-order chi connectivity index (χ0) is 14.9. The van der Waals surface area contributed by atoms with Crippen molar-refractivity contribution in [2.45, 2.75) is 57.5 Å². The number of nitrogens with one attached hydrogen (secondary N) is 1. The van der Waals surface area contributed by atoms with Crippen LogP contribution in [-0.2, 0) is 4.79 Å². The summed E-state index contributed by atoms with van der Waals surface area (Å²) in [6, 6.07) is -0.727. The Hall–Kier alpha value is -0.910. The van der Waals surface area contributed by atoms with Gasteiger partial charge in [0.25, 0.3) is 0 Å². The van der Waals surface area contributed by atoms with Crippen molar-refractivity contribution < 1.29 is 14.7 Å². The van der Waals surface area contributed by atoms with E-state index in [0.29, 0.717) is 17.6 Å². The van der Waals surface area contributed by atoms with Crippen molar-refractivity contribution in [3.63, 3.8) is 0 Å². The molecule has 1 aliphatic carbocycles. The zero-order valence-corrected chi connectivity index (χ0v) is 13.2. The molecule has 5 atom stereocenters. The quantitative estimate of drug-likeness (QED) is 0.839. The molecule has 1 heterocycles. The third-order valence-corrected chi connectivity index (χ3v) is 6.19. The van der Waals surface area contributed by atoms with Crippen molar-refractivity contribution in [1.29, 1.82) is 0 Å². The zero-order valence-electron chi connectivity index (χ0n) is 12.3. The predicted molar refractivity (Wildman–Crippen MR) is 79.7 cm³/mol. The Labute approximate surface area is 124 Å². The number of thioether (sulfide) groups is 1. The molecule has 0 aromatic carbocycles. The molecule has 2 aliphatic rings. The molecular weight excluding hydrogens is 276 g/mol. The fourth-order valence-corrected chi connectivity index (χ4v) is 4.49. The van der Waals surface area contributed by atoms with Gasteiger partial charge in [0.2, 0.25) is 0 Å². The average Bonchev–Trinajstić information content (AvgIpc) is 2.97. The van der Waals surface area contributed by atoms with E-state index < -0.39 is 12.0 Å². The molecule has 0 aromatic heterocycles. The summed E-state index contributed by atoms with van der Waals surface area (Å²) in [6.07, 6.45) is 2.89. The van der Waals surface area contributed by atoms with Crippen LogP contribution < -0.4 is 5.32 Å². The first-order valence-corrected chi connectivity index (χ1v) is 8.43. The minimum atomic E-state index is -0.906. The van der Waals surface area contributed by atoms with Crippen molar-refractivity contribution >= 4 is 23.8 Å². The van der Waals surface area contributed by atoms with Crippen LogP contribution in [0.2, 0.25) is 0 Å². The van der Waals surface area contributed by atoms with Crippen molar-refractivity contribution in [1.82, 2.24) is 10.2 Å². The van der Waals surface area contributed by atoms with Gasteiger partial charge in [-0.05, 0) is 31.1 Å². The number of carboxylic acids is 1. The fraction of sp³-hybridized carbons (Fsp3) is 0.857. The maximum absolute atomic E-state index is 12.5. The summed E-state index contributed by atoms with van der Waals surface area (Å²) in [7, 11) is 0. The lowest BCUT2D eigenvalue weighted by Gasteiger charge is -2.29. The van der Waals surface area contributed by atoms with Gasteiger partial charge in [-0.3, -0.25) is 4.90 Å². The van der Waals surface area contributed by atoms with E-state index in [2.05, 4.69) is 19.2 Å². The normalized spacial score (nSPS) is 37.1. The van der Waals surface area contributed by atoms with E-state index in [-0.39, 0.29) is 17.4 Å². The van der Waals surface area contributed by atoms with Crippen molar-refractivity contribution in [3.8, 4) is 0 Å². The maximum Gasteiger partial charge on any atom is 0.327 e. The summed E-state index contributed by atoms with van der Waals surface area (Å²) in [6.45, 7) is 6.35. The summed E-state index contributed by atoms with van der Waals surface area (Å²) >= 11 is 1.56. The van der Waals surface area contributed by atoms with Crippen LogP contribution in [0.15, 0.2) is 0 Å². The van der Waals surface area contributed by atoms with Crippen LogP contribution in [0.4, 0.5) is 4.79 Å². The van der Waals surface area contributed by atoms with E-state index in [0.717, 1.165) is 19.3 Å². The van der Waals surface area contributed by atoms with Crippen LogP contribution in [-0.4, -0.2) is 45.2 Å². The molecule has 2 amide bonds. The number of rotatable bonds is 3. The van der Waals surface area contributed by atoms with Crippen LogP contribution >= 0.6 is 11.8 Å². The first-order chi connectivity index (χ1) is 9.45. The monoisotopic (exact) mass is 300 g/mol. The Kier molecular flexibility index (Phi) is 4.83. The third kappa shape index (κ3) is 2.90. The molecule has 0 bridgehead atoms. The highest BCUT2D eigenvalue weighted by Gasteiger charge is 2.42. The van der Waals surface area contributed by atoms with Gasteiger partial charge in [0, 0.05) is 11.8 Å². The molecule has 0 spiro atoms. The van der Waals surface area contributed by atoms with Gasteiger partial charge in [-0.2, -0.15) is 0 Å². The number of aliphatic carboxylic acids is 1. The highest BCUT2D eigenvalue weighted by Crippen LogP contribution is 2.34. The van der Waals surface area contributed by atoms with Crippen LogP contribution in [0.5, 0.6) is 0 Å². The number of carboxylic acid groups (broad SMARTS) is 1. The summed E-state index contributed by atoms with van der Waals surface area (Å²) in [5.74, 6) is 0.650. The first-order valence-electron chi connectivity index (χ1n) is 7.39. The summed E-state index contributed by atoms with van der Waals surface area (Å²) in [4.78, 5) is 25.3. The second-order valence-corrected chi connectivity index (χ2v) is 7.14. The van der Waals surface area contributed by atoms with Crippen LogP contribution in [0.1, 0.15) is 40.0 Å². The molecule has 20 heavy (non-hydrogen) atoms. The van der Waals surface area contributed by atoms with E-state index in [1.165, 1.54) is 4.90 Å². The Morgan fingerprint density at radius 3 is 2.55 bits per heavy atom. The van der Waals surface area contributed by atoms with Gasteiger partial charge < -0.3 is 10.4 Å². The highest BCUT2D eigenvalue weighted by atomic mass is 32.2. The first kappa shape index (κ1) is 15.5. The molecule has 2 rings (SSSR count). The third-order valence-electron chi connectivity index (χ3n) is 4.74. The van der Waals surface area contributed by atoms with Gasteiger partial charge in [0.1, 0.15) is 6.04 Å². The minimum absolute atomic E-state index is 0.0229. The molecule has 2 N–H and O–H groups in total. The Balaban J connectivity index is 2.04. The lowest BCUT2D eigenvalue weighted by Crippen LogP contribution is -2.53. The summed E-state index contributed by atoms with van der Waals surface area (Å²) in [5, 5.41) is 12.3. The molecule has 0 aromatic rings. The highest BCUT2D eigenvalue weighted by molar-refractivity contribution is 8.00. The molecular formula is C14H24N2O3S. The van der Waals surface area contributed by atoms with Crippen LogP contribution in [0.3, 0.4) is 0 Å². The molecule has 0 radical (unpaired) electrons. The van der Waals surface area contributed by atoms with E-state index in [9.17, 15) is 14.7 Å². The summed E-state index contributed by atoms with van der Waals surface area (Å²) in [5.41, 5.74) is 0. The number of carbonyl (C=O) groups excluding carboxylic acids is 1. The largest absolute Gasteiger partial charge is 0.480 e. The molecule has 1 saturated heterocycles. The van der Waals surface area contributed by atoms with E-state index in [4.69, 9.17) is 0 Å². The topological polar surface area (TPSA) is 69.6 Å². The smallest absolute Gasteiger partial charge is 0.327 e. The number of urea groups is 1. The lowest BCUT2D eigenvalue weighted by atomic mass is 9.98. The molecule has 1 saturated carbocycles. The molecule has 6 heteroatoms. The van der Waals surface area contributed by atoms with Crippen molar-refractivity contribution in [2.75, 3.05) is 5.75 Å². The predicted octanol–water partition coefficient (Wildman–Crippen LogP) is 2.37. The lowest BCUT2D eigenvalue weighted by molar-refractivity contribution is -0.141. The van der Waals surface area contributed by atoms with E-state index in [1.54, 1.807) is 11.8 Å². The number of carbonyl (C=O) groups is 2. The fourth-order valence-electron chi connectivity index (χ4n) is 3.14. The van der Waals surface area contributed by atoms with Gasteiger partial charge in [-0.1, -0.05) is 20.8 Å². The number of hydrogen-bond donors (Lipinski definition) is 2.